The number of nitrogens with one attached hydrogen (secondary N) is 4. The van der Waals surface area contributed by atoms with Crippen molar-refractivity contribution in [2.45, 2.75) is 130 Å². The molecule has 2 fully saturated rings. The summed E-state index contributed by atoms with van der Waals surface area (Å²) in [5.74, 6) is -7.73. The van der Waals surface area contributed by atoms with Crippen molar-refractivity contribution in [1.29, 1.82) is 0 Å². The van der Waals surface area contributed by atoms with Gasteiger partial charge in [0.05, 0.1) is 35.4 Å². The molecule has 4 atom stereocenters. The van der Waals surface area contributed by atoms with Crippen molar-refractivity contribution >= 4 is 23.6 Å². The van der Waals surface area contributed by atoms with Crippen molar-refractivity contribution in [1.82, 2.24) is 45.9 Å². The zero-order valence-electron chi connectivity index (χ0n) is 40.0. The van der Waals surface area contributed by atoms with E-state index in [9.17, 15) is 68.2 Å². The Labute approximate surface area is 410 Å². The molecule has 0 saturated heterocycles. The number of halogens is 12. The van der Waals surface area contributed by atoms with Gasteiger partial charge in [-0.3, -0.25) is 24.6 Å². The number of aromatic nitrogens is 4. The van der Waals surface area contributed by atoms with E-state index in [0.29, 0.717) is 67.9 Å². The van der Waals surface area contributed by atoms with Gasteiger partial charge in [-0.05, 0) is 88.6 Å². The molecule has 73 heavy (non-hydrogen) atoms. The number of amides is 4. The number of hydrogen-bond donors (Lipinski definition) is 5. The molecule has 2 saturated carbocycles. The maximum Gasteiger partial charge on any atom is 0.396 e. The van der Waals surface area contributed by atoms with Gasteiger partial charge in [-0.2, -0.15) is 54.1 Å². The summed E-state index contributed by atoms with van der Waals surface area (Å²) in [5.41, 5.74) is -6.80. The van der Waals surface area contributed by atoms with Crippen LogP contribution in [0, 0.1) is 33.3 Å². The molecule has 26 heteroatoms. The summed E-state index contributed by atoms with van der Waals surface area (Å²) in [6.45, 7) is -2.95. The van der Waals surface area contributed by atoms with Crippen molar-refractivity contribution in [2.75, 3.05) is 6.54 Å². The summed E-state index contributed by atoms with van der Waals surface area (Å²) >= 11 is 0. The minimum atomic E-state index is -5.19. The highest BCUT2D eigenvalue weighted by Crippen LogP contribution is 2.48. The number of carbonyl (C=O) groups excluding carboxylic acids is 4. The van der Waals surface area contributed by atoms with E-state index in [1.54, 1.807) is 0 Å². The van der Waals surface area contributed by atoms with Crippen molar-refractivity contribution in [3.8, 4) is 22.3 Å². The first-order valence-corrected chi connectivity index (χ1v) is 22.7. The van der Waals surface area contributed by atoms with Crippen molar-refractivity contribution in [2.24, 2.45) is 21.7 Å². The van der Waals surface area contributed by atoms with E-state index in [4.69, 9.17) is 0 Å². The highest BCUT2D eigenvalue weighted by molar-refractivity contribution is 5.92. The van der Waals surface area contributed by atoms with E-state index in [1.165, 1.54) is 38.1 Å². The van der Waals surface area contributed by atoms with Crippen LogP contribution in [0.25, 0.3) is 22.3 Å². The third-order valence-electron chi connectivity index (χ3n) is 13.7. The summed E-state index contributed by atoms with van der Waals surface area (Å²) < 4.78 is 174. The largest absolute Gasteiger partial charge is 0.396 e. The predicted molar refractivity (Wildman–Crippen MR) is 236 cm³/mol. The molecule has 0 aliphatic heterocycles. The van der Waals surface area contributed by atoms with Crippen LogP contribution in [-0.2, 0) is 32.1 Å². The van der Waals surface area contributed by atoms with Crippen LogP contribution >= 0.6 is 0 Å². The summed E-state index contributed by atoms with van der Waals surface area (Å²) in [4.78, 5) is 54.9. The lowest BCUT2D eigenvalue weighted by molar-refractivity contribution is -0.222. The molecule has 0 radical (unpaired) electrons. The second-order valence-electron chi connectivity index (χ2n) is 20.2. The van der Waals surface area contributed by atoms with Gasteiger partial charge in [-0.25, -0.2) is 23.2 Å². The third-order valence-corrected chi connectivity index (χ3v) is 13.7. The first kappa shape index (κ1) is 56.1. The maximum absolute atomic E-state index is 16.1. The van der Waals surface area contributed by atoms with Gasteiger partial charge in [0.15, 0.2) is 0 Å². The Morgan fingerprint density at radius 2 is 1.10 bits per heavy atom. The quantitative estimate of drug-likeness (QED) is 0.0411. The van der Waals surface area contributed by atoms with Gasteiger partial charge in [0.25, 0.3) is 5.91 Å². The van der Waals surface area contributed by atoms with Crippen LogP contribution in [0.2, 0.25) is 0 Å². The van der Waals surface area contributed by atoms with Crippen LogP contribution in [0.15, 0.2) is 61.2 Å². The minimum Gasteiger partial charge on any atom is -0.390 e. The van der Waals surface area contributed by atoms with Crippen LogP contribution < -0.4 is 21.4 Å². The van der Waals surface area contributed by atoms with Gasteiger partial charge in [0.1, 0.15) is 23.7 Å². The number of alkyl halides is 10. The SMILES string of the molecule is CC1(C(=O)NC(C(=O)N[C@@H](Cc2ccc(-c3cnn(C(F)F)c3)cc2)[C@@H](O)CN(Cc2c(F)cc(-c3cnn(C(F)F)c3)cc2F)NC(=O)[C@@H](NC(=O)C2(C)CC2)C(C)(C)C(F)(F)F)C(C)(C)C(F)(F)F)CC1. The molecular formula is C47H53F12N9O5. The summed E-state index contributed by atoms with van der Waals surface area (Å²) in [7, 11) is 0. The van der Waals surface area contributed by atoms with E-state index in [0.717, 1.165) is 24.8 Å². The highest BCUT2D eigenvalue weighted by atomic mass is 19.4. The van der Waals surface area contributed by atoms with E-state index < -0.39 is 132 Å². The number of rotatable bonds is 21. The zero-order chi connectivity index (χ0) is 54.4. The Bertz CT molecular complexity index is 2640. The van der Waals surface area contributed by atoms with Gasteiger partial charge in [-0.1, -0.05) is 38.1 Å². The predicted octanol–water partition coefficient (Wildman–Crippen LogP) is 8.15. The van der Waals surface area contributed by atoms with Crippen LogP contribution in [0.5, 0.6) is 0 Å². The van der Waals surface area contributed by atoms with Crippen molar-refractivity contribution in [3.05, 3.63) is 83.9 Å². The molecule has 2 heterocycles. The number of nitrogens with zero attached hydrogens (tertiary/aromatic N) is 5. The highest BCUT2D eigenvalue weighted by Gasteiger charge is 2.59. The Morgan fingerprint density at radius 1 is 0.671 bits per heavy atom. The fraction of sp³-hybridized carbons (Fsp3) is 0.532. The Balaban J connectivity index is 1.40. The van der Waals surface area contributed by atoms with E-state index in [-0.39, 0.29) is 39.8 Å². The second-order valence-corrected chi connectivity index (χ2v) is 20.2. The molecule has 2 aliphatic rings. The molecular weight excluding hydrogens is 999 g/mol. The standard InChI is InChI=1S/C47H53F12N9O5/c1-42(2,46(54,55)56)34(63-38(72)44(5)11-12-44)36(70)62-32(15-24-7-9-25(10-8-24)27-18-60-67(20-27)40(50)51)33(69)23-66(22-29-30(48)16-26(17-31(29)49)28-19-61-68(21-28)41(52)53)65-37(71)35(43(3,4)47(57,58)59)64-39(73)45(6)13-14-45/h7-10,16-21,32-35,40-41,69H,11-15,22-23H2,1-6H3,(H,62,70)(H,63,72)(H,64,73)(H,65,71)/t32-,33-,34?,35+/m0/s1. The van der Waals surface area contributed by atoms with E-state index >= 15 is 8.78 Å². The molecule has 4 amide bonds. The van der Waals surface area contributed by atoms with Gasteiger partial charge in [0, 0.05) is 53.0 Å². The third kappa shape index (κ3) is 12.6. The number of hydrogen-bond acceptors (Lipinski definition) is 8. The van der Waals surface area contributed by atoms with Gasteiger partial charge < -0.3 is 21.1 Å². The smallest absolute Gasteiger partial charge is 0.390 e. The zero-order valence-corrected chi connectivity index (χ0v) is 40.0. The van der Waals surface area contributed by atoms with Gasteiger partial charge >= 0.3 is 25.5 Å². The molecule has 2 aliphatic carbocycles. The number of benzene rings is 2. The molecule has 0 spiro atoms. The van der Waals surface area contributed by atoms with Crippen LogP contribution in [0.1, 0.15) is 91.5 Å². The molecule has 14 nitrogen and oxygen atoms in total. The van der Waals surface area contributed by atoms with Gasteiger partial charge in [-0.15, -0.1) is 0 Å². The van der Waals surface area contributed by atoms with Crippen LogP contribution in [0.4, 0.5) is 52.7 Å². The molecule has 400 valence electrons. The van der Waals surface area contributed by atoms with E-state index in [1.807, 2.05) is 0 Å². The van der Waals surface area contributed by atoms with Crippen LogP contribution in [-0.4, -0.2) is 96.4 Å². The average molecular weight is 1050 g/mol. The summed E-state index contributed by atoms with van der Waals surface area (Å²) in [6.07, 6.45) is -8.07. The average Bonchev–Trinajstić information content (AvgIpc) is 4.06. The second kappa shape index (κ2) is 20.6. The molecule has 5 N–H and O–H groups in total. The Kier molecular flexibility index (Phi) is 15.8. The van der Waals surface area contributed by atoms with Crippen LogP contribution in [0.3, 0.4) is 0 Å². The lowest BCUT2D eigenvalue weighted by atomic mass is 9.82. The Morgan fingerprint density at radius 3 is 1.49 bits per heavy atom. The minimum absolute atomic E-state index is 0.174. The van der Waals surface area contributed by atoms with Crippen molar-refractivity contribution < 1.29 is 77.0 Å². The molecule has 6 rings (SSSR count). The maximum atomic E-state index is 16.1. The lowest BCUT2D eigenvalue weighted by Crippen LogP contribution is -2.64. The molecule has 1 unspecified atom stereocenters. The number of aliphatic hydroxyl groups is 1. The first-order valence-electron chi connectivity index (χ1n) is 22.7. The lowest BCUT2D eigenvalue weighted by Gasteiger charge is -2.39. The Hall–Kier alpha value is -6.18. The molecule has 2 aromatic carbocycles. The van der Waals surface area contributed by atoms with E-state index in [2.05, 4.69) is 31.6 Å². The normalized spacial score (nSPS) is 17.2. The molecule has 4 aromatic rings. The number of carbonyl (C=O) groups is 4. The molecule has 2 aromatic heterocycles. The topological polar surface area (TPSA) is 176 Å². The number of hydrazine groups is 1. The summed E-state index contributed by atoms with van der Waals surface area (Å²) in [6, 6.07) is 0.389. The van der Waals surface area contributed by atoms with Gasteiger partial charge in [0.2, 0.25) is 17.7 Å². The summed E-state index contributed by atoms with van der Waals surface area (Å²) in [5, 5.41) is 26.3. The van der Waals surface area contributed by atoms with Crippen molar-refractivity contribution in [3.63, 3.8) is 0 Å². The number of aliphatic hydroxyl groups excluding tert-OH is 1. The molecule has 0 bridgehead atoms. The fourth-order valence-electron chi connectivity index (χ4n) is 7.57. The monoisotopic (exact) mass is 1050 g/mol. The fourth-order valence-corrected chi connectivity index (χ4v) is 7.57. The first-order chi connectivity index (χ1) is 33.7.